The Balaban J connectivity index is 1.79. The molecule has 0 atom stereocenters. The van der Waals surface area contributed by atoms with Gasteiger partial charge in [-0.15, -0.1) is 0 Å². The first kappa shape index (κ1) is 17.4. The van der Waals surface area contributed by atoms with E-state index in [-0.39, 0.29) is 5.54 Å². The second-order valence-corrected chi connectivity index (χ2v) is 7.90. The van der Waals surface area contributed by atoms with E-state index in [9.17, 15) is 0 Å². The van der Waals surface area contributed by atoms with Gasteiger partial charge in [-0.25, -0.2) is 0 Å². The van der Waals surface area contributed by atoms with Crippen molar-refractivity contribution in [3.63, 3.8) is 0 Å². The summed E-state index contributed by atoms with van der Waals surface area (Å²) in [5.41, 5.74) is 2.52. The summed E-state index contributed by atoms with van der Waals surface area (Å²) >= 11 is 6.46. The molecule has 2 aromatic carbocycles. The Labute approximate surface area is 159 Å². The highest BCUT2D eigenvalue weighted by molar-refractivity contribution is 6.31. The molecule has 0 aromatic heterocycles. The van der Waals surface area contributed by atoms with Crippen LogP contribution in [0.4, 0.5) is 11.4 Å². The number of fused-ring (bicyclic) bond motifs is 1. The van der Waals surface area contributed by atoms with Gasteiger partial charge in [0, 0.05) is 31.1 Å². The van der Waals surface area contributed by atoms with Gasteiger partial charge in [-0.05, 0) is 37.6 Å². The minimum absolute atomic E-state index is 0.231. The highest BCUT2D eigenvalue weighted by atomic mass is 35.5. The predicted molar refractivity (Wildman–Crippen MR) is 108 cm³/mol. The van der Waals surface area contributed by atoms with E-state index in [1.807, 2.05) is 30.3 Å². The second kappa shape index (κ2) is 6.60. The van der Waals surface area contributed by atoms with Crippen molar-refractivity contribution in [1.82, 2.24) is 0 Å². The molecule has 2 heterocycles. The summed E-state index contributed by atoms with van der Waals surface area (Å²) in [5, 5.41) is 8.08. The van der Waals surface area contributed by atoms with E-state index in [0.29, 0.717) is 0 Å². The molecule has 2 N–H and O–H groups in total. The minimum atomic E-state index is -0.444. The number of halogens is 1. The van der Waals surface area contributed by atoms with Gasteiger partial charge in [-0.1, -0.05) is 41.9 Å². The number of nitrogens with zero attached hydrogens (tertiary/aromatic N) is 1. The fourth-order valence-corrected chi connectivity index (χ4v) is 4.15. The van der Waals surface area contributed by atoms with Crippen LogP contribution in [-0.2, 0) is 10.3 Å². The van der Waals surface area contributed by atoms with Crippen LogP contribution in [0.2, 0.25) is 5.02 Å². The van der Waals surface area contributed by atoms with Gasteiger partial charge in [0.25, 0.3) is 0 Å². The molecule has 0 radical (unpaired) electrons. The number of amidine groups is 1. The Bertz CT molecular complexity index is 841. The van der Waals surface area contributed by atoms with Crippen LogP contribution in [0.25, 0.3) is 0 Å². The molecule has 0 bridgehead atoms. The van der Waals surface area contributed by atoms with Crippen LogP contribution in [0.3, 0.4) is 0 Å². The molecule has 26 heavy (non-hydrogen) atoms. The van der Waals surface area contributed by atoms with Crippen LogP contribution < -0.4 is 10.6 Å². The fourth-order valence-electron chi connectivity index (χ4n) is 3.78. The molecule has 1 spiro atoms. The average molecular weight is 370 g/mol. The van der Waals surface area contributed by atoms with Crippen molar-refractivity contribution in [2.75, 3.05) is 23.8 Å². The summed E-state index contributed by atoms with van der Waals surface area (Å²) in [6.45, 7) is 5.66. The van der Waals surface area contributed by atoms with Gasteiger partial charge in [-0.3, -0.25) is 4.99 Å². The van der Waals surface area contributed by atoms with Crippen molar-refractivity contribution < 1.29 is 4.74 Å². The third kappa shape index (κ3) is 3.08. The smallest absolute Gasteiger partial charge is 0.128 e. The number of para-hydroxylation sites is 2. The topological polar surface area (TPSA) is 45.7 Å². The van der Waals surface area contributed by atoms with Crippen LogP contribution >= 0.6 is 11.6 Å². The van der Waals surface area contributed by atoms with Crippen LogP contribution in [0.15, 0.2) is 53.5 Å². The summed E-state index contributed by atoms with van der Waals surface area (Å²) in [4.78, 5) is 5.18. The first-order valence-electron chi connectivity index (χ1n) is 9.08. The first-order valence-corrected chi connectivity index (χ1v) is 9.45. The molecule has 0 saturated carbocycles. The van der Waals surface area contributed by atoms with Crippen LogP contribution in [0, 0.1) is 0 Å². The molecule has 5 heteroatoms. The maximum Gasteiger partial charge on any atom is 0.128 e. The second-order valence-electron chi connectivity index (χ2n) is 7.49. The predicted octanol–water partition coefficient (Wildman–Crippen LogP) is 5.06. The standard InChI is InChI=1S/C21H24ClN3O/c1-20(2,15-7-3-4-8-16(15)22)25-19-21(11-13-26-14-12-21)24-18-10-6-5-9-17(18)23-19/h3-10,24H,11-14H2,1-2H3,(H,23,25). The van der Waals surface area contributed by atoms with E-state index in [1.165, 1.54) is 0 Å². The zero-order valence-electron chi connectivity index (χ0n) is 15.2. The number of ether oxygens (including phenoxy) is 1. The molecule has 0 amide bonds. The molecular formula is C21H24ClN3O. The van der Waals surface area contributed by atoms with Gasteiger partial charge in [0.1, 0.15) is 5.84 Å². The van der Waals surface area contributed by atoms with Crippen molar-refractivity contribution in [3.8, 4) is 0 Å². The molecule has 2 aromatic rings. The van der Waals surface area contributed by atoms with Gasteiger partial charge in [0.2, 0.25) is 0 Å². The van der Waals surface area contributed by atoms with Crippen LogP contribution in [0.5, 0.6) is 0 Å². The van der Waals surface area contributed by atoms with Crippen molar-refractivity contribution in [2.45, 2.75) is 37.8 Å². The number of benzene rings is 2. The fraction of sp³-hybridized carbons (Fsp3) is 0.381. The van der Waals surface area contributed by atoms with E-state index >= 15 is 0 Å². The highest BCUT2D eigenvalue weighted by Crippen LogP contribution is 2.39. The lowest BCUT2D eigenvalue weighted by Crippen LogP contribution is -2.56. The lowest BCUT2D eigenvalue weighted by atomic mass is 9.85. The molecule has 0 unspecified atom stereocenters. The Morgan fingerprint density at radius 2 is 1.65 bits per heavy atom. The summed E-state index contributed by atoms with van der Waals surface area (Å²) in [7, 11) is 0. The maximum atomic E-state index is 6.46. The molecule has 136 valence electrons. The molecule has 2 aliphatic rings. The summed E-state index contributed by atoms with van der Waals surface area (Å²) in [6, 6.07) is 16.2. The monoisotopic (exact) mass is 369 g/mol. The van der Waals surface area contributed by atoms with Crippen LogP contribution in [0.1, 0.15) is 32.3 Å². The molecule has 4 nitrogen and oxygen atoms in total. The van der Waals surface area contributed by atoms with Gasteiger partial charge in [0.05, 0.1) is 22.5 Å². The molecule has 1 saturated heterocycles. The number of hydrogen-bond donors (Lipinski definition) is 2. The molecule has 1 fully saturated rings. The van der Waals surface area contributed by atoms with Gasteiger partial charge < -0.3 is 15.4 Å². The summed E-state index contributed by atoms with van der Waals surface area (Å²) < 4.78 is 5.62. The summed E-state index contributed by atoms with van der Waals surface area (Å²) in [6.07, 6.45) is 1.76. The van der Waals surface area contributed by atoms with Crippen molar-refractivity contribution in [2.24, 2.45) is 4.99 Å². The van der Waals surface area contributed by atoms with E-state index in [2.05, 4.69) is 42.7 Å². The SMILES string of the molecule is CC(C)(N=C1Nc2ccccc2NC12CCOCC2)c1ccccc1Cl. The minimum Gasteiger partial charge on any atom is -0.381 e. The van der Waals surface area contributed by atoms with Crippen molar-refractivity contribution >= 4 is 28.8 Å². The highest BCUT2D eigenvalue weighted by Gasteiger charge is 2.42. The number of aliphatic imine (C=N–C) groups is 1. The average Bonchev–Trinajstić information content (AvgIpc) is 2.63. The van der Waals surface area contributed by atoms with Crippen LogP contribution in [-0.4, -0.2) is 24.6 Å². The quantitative estimate of drug-likeness (QED) is 0.777. The Hall–Kier alpha value is -2.04. The third-order valence-corrected chi connectivity index (χ3v) is 5.61. The maximum absolute atomic E-state index is 6.46. The number of hydrogen-bond acceptors (Lipinski definition) is 3. The number of rotatable bonds is 2. The lowest BCUT2D eigenvalue weighted by molar-refractivity contribution is 0.0777. The van der Waals surface area contributed by atoms with Gasteiger partial charge in [-0.2, -0.15) is 0 Å². The third-order valence-electron chi connectivity index (χ3n) is 5.28. The van der Waals surface area contributed by atoms with E-state index in [1.54, 1.807) is 0 Å². The zero-order chi connectivity index (χ0) is 18.2. The molecule has 4 rings (SSSR count). The lowest BCUT2D eigenvalue weighted by Gasteiger charge is -2.44. The van der Waals surface area contributed by atoms with E-state index in [4.69, 9.17) is 21.3 Å². The largest absolute Gasteiger partial charge is 0.381 e. The molecular weight excluding hydrogens is 346 g/mol. The molecule has 0 aliphatic carbocycles. The summed E-state index contributed by atoms with van der Waals surface area (Å²) in [5.74, 6) is 0.962. The van der Waals surface area contributed by atoms with E-state index < -0.39 is 5.54 Å². The van der Waals surface area contributed by atoms with E-state index in [0.717, 1.165) is 53.9 Å². The van der Waals surface area contributed by atoms with Crippen molar-refractivity contribution in [3.05, 3.63) is 59.1 Å². The first-order chi connectivity index (χ1) is 12.5. The Kier molecular flexibility index (Phi) is 4.41. The van der Waals surface area contributed by atoms with Crippen molar-refractivity contribution in [1.29, 1.82) is 0 Å². The molecule has 2 aliphatic heterocycles. The Morgan fingerprint density at radius 1 is 1.00 bits per heavy atom. The zero-order valence-corrected chi connectivity index (χ0v) is 15.9. The number of nitrogens with one attached hydrogen (secondary N) is 2. The Morgan fingerprint density at radius 3 is 2.38 bits per heavy atom. The normalized spacial score (nSPS) is 20.3. The van der Waals surface area contributed by atoms with Gasteiger partial charge >= 0.3 is 0 Å². The number of anilines is 2. The van der Waals surface area contributed by atoms with Gasteiger partial charge in [0.15, 0.2) is 0 Å².